The molecule has 1 atom stereocenters. The fourth-order valence-corrected chi connectivity index (χ4v) is 3.74. The van der Waals surface area contributed by atoms with E-state index in [4.69, 9.17) is 0 Å². The number of benzene rings is 1. The summed E-state index contributed by atoms with van der Waals surface area (Å²) in [5, 5.41) is 5.64. The fraction of sp³-hybridized carbons (Fsp3) is 0.435. The van der Waals surface area contributed by atoms with Crippen LogP contribution in [-0.4, -0.2) is 41.5 Å². The summed E-state index contributed by atoms with van der Waals surface area (Å²) >= 11 is 0. The van der Waals surface area contributed by atoms with E-state index in [1.165, 1.54) is 12.8 Å². The number of carbonyl (C=O) groups is 2. The lowest BCUT2D eigenvalue weighted by molar-refractivity contribution is 0.0786. The first-order chi connectivity index (χ1) is 14.2. The highest BCUT2D eigenvalue weighted by Gasteiger charge is 2.26. The Morgan fingerprint density at radius 1 is 1.03 bits per heavy atom. The normalized spacial score (nSPS) is 15.9. The van der Waals surface area contributed by atoms with Gasteiger partial charge in [-0.2, -0.15) is 0 Å². The van der Waals surface area contributed by atoms with E-state index in [0.717, 1.165) is 44.3 Å². The number of carbonyl (C=O) groups excluding carboxylic acids is 2. The smallest absolute Gasteiger partial charge is 0.319 e. The summed E-state index contributed by atoms with van der Waals surface area (Å²) in [7, 11) is 0. The van der Waals surface area contributed by atoms with Crippen molar-refractivity contribution in [2.24, 2.45) is 5.92 Å². The number of urea groups is 1. The molecule has 1 aliphatic heterocycles. The second kappa shape index (κ2) is 11.2. The Hall–Kier alpha value is -2.89. The predicted molar refractivity (Wildman–Crippen MR) is 115 cm³/mol. The summed E-state index contributed by atoms with van der Waals surface area (Å²) in [5.41, 5.74) is 1.48. The third kappa shape index (κ3) is 6.89. The van der Waals surface area contributed by atoms with Crippen LogP contribution in [0.3, 0.4) is 0 Å². The number of aromatic nitrogens is 1. The van der Waals surface area contributed by atoms with Crippen molar-refractivity contribution in [3.8, 4) is 0 Å². The fourth-order valence-electron chi connectivity index (χ4n) is 3.74. The molecule has 1 saturated heterocycles. The van der Waals surface area contributed by atoms with E-state index >= 15 is 0 Å². The molecule has 2 heterocycles. The van der Waals surface area contributed by atoms with Crippen LogP contribution in [0, 0.1) is 5.92 Å². The van der Waals surface area contributed by atoms with Gasteiger partial charge in [0.2, 0.25) is 0 Å². The molecule has 0 spiro atoms. The van der Waals surface area contributed by atoms with Gasteiger partial charge in [0.1, 0.15) is 0 Å². The SMILES string of the molecule is O=C(NCCCCCCC1CCN(C(=O)c2ccccc2)C1)Nc1cccnc1. The lowest BCUT2D eigenvalue weighted by Gasteiger charge is -2.16. The number of unbranched alkanes of at least 4 members (excludes halogenated alkanes) is 3. The van der Waals surface area contributed by atoms with Crippen LogP contribution in [-0.2, 0) is 0 Å². The largest absolute Gasteiger partial charge is 0.338 e. The summed E-state index contributed by atoms with van der Waals surface area (Å²) < 4.78 is 0. The summed E-state index contributed by atoms with van der Waals surface area (Å²) in [6.07, 6.45) is 10.00. The molecule has 0 aliphatic carbocycles. The predicted octanol–water partition coefficient (Wildman–Crippen LogP) is 4.32. The molecular weight excluding hydrogens is 364 g/mol. The molecule has 6 heteroatoms. The lowest BCUT2D eigenvalue weighted by atomic mass is 10.00. The van der Waals surface area contributed by atoms with Gasteiger partial charge in [0.05, 0.1) is 11.9 Å². The van der Waals surface area contributed by atoms with Crippen LogP contribution in [0.2, 0.25) is 0 Å². The zero-order valence-electron chi connectivity index (χ0n) is 16.8. The first-order valence-corrected chi connectivity index (χ1v) is 10.5. The highest BCUT2D eigenvalue weighted by molar-refractivity contribution is 5.94. The van der Waals surface area contributed by atoms with Crippen molar-refractivity contribution < 1.29 is 9.59 Å². The average Bonchev–Trinajstić information content (AvgIpc) is 3.23. The van der Waals surface area contributed by atoms with Crippen LogP contribution in [0.15, 0.2) is 54.9 Å². The van der Waals surface area contributed by atoms with Crippen LogP contribution in [0.4, 0.5) is 10.5 Å². The molecule has 1 aromatic carbocycles. The van der Waals surface area contributed by atoms with Crippen molar-refractivity contribution in [3.63, 3.8) is 0 Å². The molecule has 0 radical (unpaired) electrons. The third-order valence-electron chi connectivity index (χ3n) is 5.34. The number of anilines is 1. The highest BCUT2D eigenvalue weighted by atomic mass is 16.2. The third-order valence-corrected chi connectivity index (χ3v) is 5.34. The second-order valence-electron chi connectivity index (χ2n) is 7.60. The minimum atomic E-state index is -0.188. The Morgan fingerprint density at radius 2 is 1.86 bits per heavy atom. The van der Waals surface area contributed by atoms with Crippen LogP contribution in [0.25, 0.3) is 0 Å². The number of amides is 3. The molecule has 1 aliphatic rings. The van der Waals surface area contributed by atoms with E-state index in [1.807, 2.05) is 41.3 Å². The van der Waals surface area contributed by atoms with Gasteiger partial charge < -0.3 is 15.5 Å². The number of pyridine rings is 1. The quantitative estimate of drug-likeness (QED) is 0.622. The number of likely N-dealkylation sites (tertiary alicyclic amines) is 1. The number of nitrogens with zero attached hydrogens (tertiary/aromatic N) is 2. The van der Waals surface area contributed by atoms with Crippen LogP contribution in [0.5, 0.6) is 0 Å². The molecule has 29 heavy (non-hydrogen) atoms. The maximum absolute atomic E-state index is 12.5. The van der Waals surface area contributed by atoms with Gasteiger partial charge in [0.15, 0.2) is 0 Å². The molecule has 1 fully saturated rings. The summed E-state index contributed by atoms with van der Waals surface area (Å²) in [4.78, 5) is 30.2. The van der Waals surface area contributed by atoms with E-state index in [0.29, 0.717) is 18.2 Å². The number of hydrogen-bond donors (Lipinski definition) is 2. The first-order valence-electron chi connectivity index (χ1n) is 10.5. The standard InChI is InChI=1S/C23H30N4O2/c28-22(20-10-5-3-6-11-20)27-16-13-19(18-27)9-4-1-2-7-15-25-23(29)26-21-12-8-14-24-17-21/h3,5-6,8,10-12,14,17,19H,1-2,4,7,9,13,15-16,18H2,(H2,25,26,29). The molecule has 0 bridgehead atoms. The first kappa shape index (κ1) is 20.8. The van der Waals surface area contributed by atoms with Crippen LogP contribution in [0.1, 0.15) is 48.9 Å². The van der Waals surface area contributed by atoms with E-state index in [9.17, 15) is 9.59 Å². The van der Waals surface area contributed by atoms with Gasteiger partial charge in [-0.05, 0) is 49.4 Å². The Morgan fingerprint density at radius 3 is 2.66 bits per heavy atom. The van der Waals surface area contributed by atoms with Crippen LogP contribution < -0.4 is 10.6 Å². The molecule has 6 nitrogen and oxygen atoms in total. The maximum atomic E-state index is 12.5. The number of nitrogens with one attached hydrogen (secondary N) is 2. The Balaban J connectivity index is 1.22. The second-order valence-corrected chi connectivity index (χ2v) is 7.60. The lowest BCUT2D eigenvalue weighted by Crippen LogP contribution is -2.29. The summed E-state index contributed by atoms with van der Waals surface area (Å²) in [5.74, 6) is 0.773. The molecule has 1 unspecified atom stereocenters. The maximum Gasteiger partial charge on any atom is 0.319 e. The summed E-state index contributed by atoms with van der Waals surface area (Å²) in [6.45, 7) is 2.42. The number of hydrogen-bond acceptors (Lipinski definition) is 3. The topological polar surface area (TPSA) is 74.3 Å². The molecule has 154 valence electrons. The molecule has 1 aromatic heterocycles. The molecular formula is C23H30N4O2. The van der Waals surface area contributed by atoms with E-state index in [2.05, 4.69) is 15.6 Å². The van der Waals surface area contributed by atoms with Crippen molar-refractivity contribution in [3.05, 3.63) is 60.4 Å². The van der Waals surface area contributed by atoms with Crippen molar-refractivity contribution >= 4 is 17.6 Å². The van der Waals surface area contributed by atoms with Gasteiger partial charge >= 0.3 is 6.03 Å². The van der Waals surface area contributed by atoms with Crippen molar-refractivity contribution in [2.45, 2.75) is 38.5 Å². The highest BCUT2D eigenvalue weighted by Crippen LogP contribution is 2.23. The summed E-state index contributed by atoms with van der Waals surface area (Å²) in [6, 6.07) is 13.0. The van der Waals surface area contributed by atoms with Gasteiger partial charge in [0, 0.05) is 31.4 Å². The minimum absolute atomic E-state index is 0.156. The molecule has 2 aromatic rings. The van der Waals surface area contributed by atoms with Gasteiger partial charge in [-0.15, -0.1) is 0 Å². The van der Waals surface area contributed by atoms with Crippen LogP contribution >= 0.6 is 0 Å². The number of rotatable bonds is 9. The van der Waals surface area contributed by atoms with E-state index < -0.39 is 0 Å². The van der Waals surface area contributed by atoms with Crippen molar-refractivity contribution in [2.75, 3.05) is 25.0 Å². The van der Waals surface area contributed by atoms with Crippen molar-refractivity contribution in [1.29, 1.82) is 0 Å². The van der Waals surface area contributed by atoms with Gasteiger partial charge in [-0.3, -0.25) is 9.78 Å². The van der Waals surface area contributed by atoms with Gasteiger partial charge in [-0.25, -0.2) is 4.79 Å². The monoisotopic (exact) mass is 394 g/mol. The Bertz CT molecular complexity index is 767. The minimum Gasteiger partial charge on any atom is -0.338 e. The Labute approximate surface area is 172 Å². The van der Waals surface area contributed by atoms with Gasteiger partial charge in [0.25, 0.3) is 5.91 Å². The van der Waals surface area contributed by atoms with E-state index in [1.54, 1.807) is 18.5 Å². The molecule has 0 saturated carbocycles. The zero-order chi connectivity index (χ0) is 20.3. The molecule has 3 rings (SSSR count). The van der Waals surface area contributed by atoms with Gasteiger partial charge in [-0.1, -0.05) is 37.5 Å². The van der Waals surface area contributed by atoms with Crippen molar-refractivity contribution in [1.82, 2.24) is 15.2 Å². The molecule has 2 N–H and O–H groups in total. The zero-order valence-corrected chi connectivity index (χ0v) is 16.8. The Kier molecular flexibility index (Phi) is 8.04. The average molecular weight is 395 g/mol. The van der Waals surface area contributed by atoms with E-state index in [-0.39, 0.29) is 11.9 Å². The molecule has 3 amide bonds.